The summed E-state index contributed by atoms with van der Waals surface area (Å²) in [4.78, 5) is 200. The quantitative estimate of drug-likeness (QED) is 0.00659. The molecule has 6 aromatic carbocycles. The van der Waals surface area contributed by atoms with Crippen molar-refractivity contribution >= 4 is 132 Å². The molecule has 1 aliphatic carbocycles. The second-order valence-electron chi connectivity index (χ2n) is 30.2. The number of alkyl carbamates (subject to hydrolysis) is 1. The number of carboxylic acid groups (broad SMARTS) is 1. The van der Waals surface area contributed by atoms with Crippen LogP contribution < -0.4 is 133 Å². The number of nitrogens with one attached hydrogen (secondary N) is 12. The number of primary amides is 1. The molecule has 3 radical (unpaired) electrons. The van der Waals surface area contributed by atoms with Gasteiger partial charge >= 0.3 is 41.6 Å². The zero-order valence-corrected chi connectivity index (χ0v) is 83.1. The minimum absolute atomic E-state index is 0. The normalized spacial score (nSPS) is 10.8. The van der Waals surface area contributed by atoms with Crippen molar-refractivity contribution in [2.45, 2.75) is 179 Å². The van der Waals surface area contributed by atoms with Crippen LogP contribution in [0.25, 0.3) is 11.1 Å². The largest absolute Gasteiger partial charge is 1.00 e. The van der Waals surface area contributed by atoms with Crippen molar-refractivity contribution in [1.29, 1.82) is 5.26 Å². The molecule has 41 nitrogen and oxygen atoms in total. The van der Waals surface area contributed by atoms with Crippen molar-refractivity contribution in [1.82, 2.24) is 63.8 Å². The summed E-state index contributed by atoms with van der Waals surface area (Å²) in [5, 5.41) is 52.2. The number of ether oxygens (including phenoxy) is 1. The Labute approximate surface area is 836 Å². The van der Waals surface area contributed by atoms with Crippen LogP contribution in [-0.4, -0.2) is 238 Å². The van der Waals surface area contributed by atoms with Gasteiger partial charge in [-0.25, -0.2) is 4.79 Å². The smallest absolute Gasteiger partial charge is 0.512 e. The molecule has 6 aromatic rings. The van der Waals surface area contributed by atoms with E-state index in [2.05, 4.69) is 75.9 Å². The fourth-order valence-corrected chi connectivity index (χ4v) is 12.1. The molecular weight excluding hydrogens is 1800 g/mol. The van der Waals surface area contributed by atoms with Gasteiger partial charge in [0.25, 0.3) is 0 Å². The van der Waals surface area contributed by atoms with Gasteiger partial charge in [-0.15, -0.1) is 0 Å². The number of carbonyl (C=O) groups is 18. The maximum atomic E-state index is 12.1. The van der Waals surface area contributed by atoms with Crippen molar-refractivity contribution in [3.8, 4) is 11.1 Å². The summed E-state index contributed by atoms with van der Waals surface area (Å²) >= 11 is 0. The van der Waals surface area contributed by atoms with Gasteiger partial charge in [-0.05, 0) is 170 Å². The van der Waals surface area contributed by atoms with E-state index in [-0.39, 0.29) is 204 Å². The van der Waals surface area contributed by atoms with Gasteiger partial charge in [-0.2, -0.15) is 0 Å². The van der Waals surface area contributed by atoms with E-state index in [0.717, 1.165) is 89.7 Å². The van der Waals surface area contributed by atoms with E-state index in [0.29, 0.717) is 57.0 Å². The van der Waals surface area contributed by atoms with E-state index in [1.807, 2.05) is 133 Å². The Morgan fingerprint density at radius 3 is 1.04 bits per heavy atom. The van der Waals surface area contributed by atoms with Gasteiger partial charge in [0.15, 0.2) is 11.6 Å². The number of ketones is 3. The number of aliphatic carboxylic acids is 1. The van der Waals surface area contributed by atoms with Crippen LogP contribution in [0.2, 0.25) is 0 Å². The number of benzene rings is 6. The van der Waals surface area contributed by atoms with Crippen molar-refractivity contribution in [2.24, 2.45) is 22.9 Å². The minimum Gasteiger partial charge on any atom is -0.512 e. The number of hydrogen-bond acceptors (Lipinski definition) is 27. The maximum Gasteiger partial charge on any atom is 1.00 e. The van der Waals surface area contributed by atoms with E-state index in [1.165, 1.54) is 72.7 Å². The van der Waals surface area contributed by atoms with E-state index < -0.39 is 48.7 Å². The summed E-state index contributed by atoms with van der Waals surface area (Å²) in [6, 6.07) is 44.2. The second-order valence-corrected chi connectivity index (χ2v) is 30.2. The summed E-state index contributed by atoms with van der Waals surface area (Å²) in [6.45, 7) is 8.86. The third-order valence-corrected chi connectivity index (χ3v) is 19.4. The summed E-state index contributed by atoms with van der Waals surface area (Å²) in [5.41, 5.74) is 49.9. The van der Waals surface area contributed by atoms with Crippen LogP contribution in [0.15, 0.2) is 146 Å². The van der Waals surface area contributed by atoms with Crippen LogP contribution in [-0.2, 0) is 118 Å². The zero-order chi connectivity index (χ0) is 104. The zero-order valence-electron chi connectivity index (χ0n) is 81.1. The molecule has 43 heteroatoms. The van der Waals surface area contributed by atoms with Gasteiger partial charge in [0.05, 0.1) is 32.7 Å². The third kappa shape index (κ3) is 64.8. The van der Waals surface area contributed by atoms with E-state index in [4.69, 9.17) is 66.9 Å². The number of fused-ring (bicyclic) bond motifs is 3. The summed E-state index contributed by atoms with van der Waals surface area (Å²) in [5.74, 6) is -4.89. The molecule has 0 aliphatic heterocycles. The first-order valence-electron chi connectivity index (χ1n) is 44.1. The fraction of sp³-hybridized carbons (Fsp3) is 0.427. The number of aldehydes is 1. The summed E-state index contributed by atoms with van der Waals surface area (Å²) in [7, 11) is 8.97. The van der Waals surface area contributed by atoms with E-state index in [1.54, 1.807) is 7.05 Å². The van der Waals surface area contributed by atoms with Gasteiger partial charge in [-0.1, -0.05) is 109 Å². The molecule has 139 heavy (non-hydrogen) atoms. The summed E-state index contributed by atoms with van der Waals surface area (Å²) in [6.07, 6.45) is 9.58. The molecule has 4 atom stereocenters. The number of aliphatic hydroxyl groups is 1. The van der Waals surface area contributed by atoms with E-state index >= 15 is 0 Å². The van der Waals surface area contributed by atoms with Crippen LogP contribution in [0, 0.1) is 11.8 Å². The monoisotopic (exact) mass is 1940 g/mol. The molecular formula is C96H139BN20NaO21. The van der Waals surface area contributed by atoms with Crippen molar-refractivity contribution in [2.75, 3.05) is 105 Å². The third-order valence-electron chi connectivity index (χ3n) is 19.4. The van der Waals surface area contributed by atoms with Crippen molar-refractivity contribution < 1.29 is 131 Å². The number of amides is 13. The number of Topliss-reactive ketones (excluding diaryl/α,β-unsaturated/α-hetero) is 3. The molecule has 0 fully saturated rings. The SMILES string of the molecule is CNC(=O)CC=O.CNC(=O)CCCc1ccc(CCCC(=O)CNC(=O)CC[C@H](NC(C)=O)C(=O)NC)cc1.CNC(=O)[C@@H](N)CO.CNC(=O)[C@H](CCC(=O)NCC(=O)CCCc1ccc(N)cc1)NC(C)=O.CNC(=O)[C@H](CCC(N)=O)NC(C)=O.NCC(=O)CCCc1ccc(N)cc1.NCCc1ccc(N)cc1.O=C(O)CNC(=O)OCC1c2ccccc2-c2ccccc21.[B].[C-]#N.[Na+]. The number of hydrogen-bond donors (Lipinski definition) is 21. The predicted octanol–water partition coefficient (Wildman–Crippen LogP) is -1.80. The molecule has 0 saturated heterocycles. The molecule has 0 aromatic heterocycles. The Kier molecular flexibility index (Phi) is 75.9. The average molecular weight is 1940 g/mol. The van der Waals surface area contributed by atoms with Crippen LogP contribution in [0.3, 0.4) is 0 Å². The molecule has 0 heterocycles. The van der Waals surface area contributed by atoms with Crippen LogP contribution in [0.4, 0.5) is 21.9 Å². The Morgan fingerprint density at radius 1 is 0.424 bits per heavy atom. The topological polar surface area (TPSA) is 707 Å². The second kappa shape index (κ2) is 80.3. The molecule has 0 saturated carbocycles. The summed E-state index contributed by atoms with van der Waals surface area (Å²) < 4.78 is 5.18. The molecule has 28 N–H and O–H groups in total. The van der Waals surface area contributed by atoms with Gasteiger partial charge < -0.3 is 136 Å². The number of carboxylic acids is 1. The van der Waals surface area contributed by atoms with Gasteiger partial charge in [0.2, 0.25) is 70.9 Å². The number of rotatable bonds is 46. The first-order chi connectivity index (χ1) is 65.3. The van der Waals surface area contributed by atoms with Gasteiger partial charge in [-0.3, -0.25) is 76.7 Å². The number of aliphatic hydroxyl groups excluding tert-OH is 1. The van der Waals surface area contributed by atoms with Crippen molar-refractivity contribution in [3.63, 3.8) is 0 Å². The number of nitrogens with two attached hydrogens (primary N) is 7. The number of nitrogens with zero attached hydrogens (tertiary/aromatic N) is 1. The standard InChI is InChI=1S/C24H36N4O5.C19H28N4O4.C17H15NO4.C11H16N2O.C8H15N3O3.C8H12N2.C4H10N2O2.C4H7NO2.CN.B.Na/c1-17(29)28-21(24(33)26-3)14-15-23(32)27-16-20(30)8-4-6-18-10-12-19(13-11-18)7-5-9-22(31)25-2;1-13(24)23-17(19(27)21-2)10-11-18(26)22-12-16(25)5-3-4-14-6-8-15(20)9-7-14;19-16(20)9-18-17(21)22-10-15-13-7-3-1-5-11(13)12-6-2-4-8-14(12)15;12-8-11(14)3-1-2-9-4-6-10(13)7-5-9;1-5(12)11-6(8(14)10-2)3-4-7(9)13;9-6-5-7-1-3-8(10)4-2-7;1-6-4(8)3(5)2-7;1-5-4(7)2-3-6;1-2;;/h10-13,21H,4-9,14-16H2,1-3H3,(H,25,31)(H,26,33)(H,27,32)(H,28,29);6-9,17H,3-5,10-12,20H2,1-2H3,(H,21,27)(H,22,26)(H,23,24);1-8,15H,9-10H2,(H,18,21)(H,19,20);4-7H,1-3,8,12-13H2;6H,3-4H2,1-2H3,(H2,9,13)(H,10,14)(H,11,12);1-4H,5-6,9-10H2;3,7H,2,5H2,1H3,(H,6,8);3H,2H2,1H3,(H,5,7);;;/q;;;;;;;;-1;;+1/t21-;17-;;;6-;;3-;;;;/m00..0.0..../s1. The Hall–Kier alpha value is -13.8. The number of aryl methyl sites for hydroxylation is 4. The molecule has 0 spiro atoms. The average Bonchev–Trinajstić information content (AvgIpc) is 1.61. The Bertz CT molecular complexity index is 4700. The number of anilines is 3. The number of carbonyl (C=O) groups excluding carboxylic acids is 17. The maximum absolute atomic E-state index is 12.1. The first kappa shape index (κ1) is 131. The Balaban J connectivity index is -0.000000781. The van der Waals surface area contributed by atoms with Crippen LogP contribution in [0.5, 0.6) is 0 Å². The minimum atomic E-state index is -1.10. The molecule has 753 valence electrons. The molecule has 7 rings (SSSR count). The number of likely N-dealkylation sites (N-methyl/N-ethyl adjacent to an activating group) is 4. The first-order valence-corrected chi connectivity index (χ1v) is 44.1. The molecule has 0 bridgehead atoms. The van der Waals surface area contributed by atoms with Crippen LogP contribution in [0.1, 0.15) is 162 Å². The van der Waals surface area contributed by atoms with Gasteiger partial charge in [0.1, 0.15) is 49.4 Å². The van der Waals surface area contributed by atoms with E-state index in [9.17, 15) is 86.3 Å². The predicted molar refractivity (Wildman–Crippen MR) is 525 cm³/mol. The number of nitrogen functional groups attached to an aromatic ring is 3. The fourth-order valence-electron chi connectivity index (χ4n) is 12.1. The molecule has 0 unspecified atom stereocenters. The molecule has 1 aliphatic rings. The van der Waals surface area contributed by atoms with Crippen LogP contribution >= 0.6 is 0 Å². The Morgan fingerprint density at radius 2 is 0.748 bits per heavy atom. The van der Waals surface area contributed by atoms with Gasteiger partial charge in [0, 0.05) is 139 Å². The molecule has 13 amide bonds. The van der Waals surface area contributed by atoms with Crippen molar-refractivity contribution in [3.05, 3.63) is 191 Å².